The van der Waals surface area contributed by atoms with Gasteiger partial charge in [0.05, 0.1) is 7.11 Å². The second-order valence-electron chi connectivity index (χ2n) is 5.49. The van der Waals surface area contributed by atoms with Crippen molar-refractivity contribution in [3.8, 4) is 5.75 Å². The van der Waals surface area contributed by atoms with Gasteiger partial charge in [-0.3, -0.25) is 0 Å². The standard InChI is InChI=1S/C17H27NO/c1-3-4-5-6-7-10-16-14-9-8-11-17(19-2)15(14)12-13-18-16/h8-9,11,16,18H,3-7,10,12-13H2,1-2H3. The van der Waals surface area contributed by atoms with E-state index in [0.29, 0.717) is 6.04 Å². The molecule has 0 radical (unpaired) electrons. The summed E-state index contributed by atoms with van der Waals surface area (Å²) < 4.78 is 5.49. The van der Waals surface area contributed by atoms with Gasteiger partial charge in [0.2, 0.25) is 0 Å². The van der Waals surface area contributed by atoms with Crippen molar-refractivity contribution in [3.05, 3.63) is 29.3 Å². The Labute approximate surface area is 117 Å². The van der Waals surface area contributed by atoms with E-state index in [2.05, 4.69) is 30.4 Å². The predicted molar refractivity (Wildman–Crippen MR) is 80.8 cm³/mol. The first kappa shape index (κ1) is 14.4. The van der Waals surface area contributed by atoms with Crippen LogP contribution in [0.2, 0.25) is 0 Å². The monoisotopic (exact) mass is 261 g/mol. The van der Waals surface area contributed by atoms with Crippen LogP contribution in [0.15, 0.2) is 18.2 Å². The summed E-state index contributed by atoms with van der Waals surface area (Å²) in [6.07, 6.45) is 9.12. The summed E-state index contributed by atoms with van der Waals surface area (Å²) in [5, 5.41) is 3.66. The van der Waals surface area contributed by atoms with Crippen LogP contribution in [0.25, 0.3) is 0 Å². The zero-order valence-corrected chi connectivity index (χ0v) is 12.4. The van der Waals surface area contributed by atoms with E-state index in [1.54, 1.807) is 7.11 Å². The molecule has 19 heavy (non-hydrogen) atoms. The van der Waals surface area contributed by atoms with E-state index in [0.717, 1.165) is 18.7 Å². The fourth-order valence-corrected chi connectivity index (χ4v) is 3.06. The largest absolute Gasteiger partial charge is 0.496 e. The molecule has 1 heterocycles. The van der Waals surface area contributed by atoms with Crippen molar-refractivity contribution >= 4 is 0 Å². The molecule has 2 rings (SSSR count). The van der Waals surface area contributed by atoms with Crippen LogP contribution in [-0.2, 0) is 6.42 Å². The van der Waals surface area contributed by atoms with Gasteiger partial charge >= 0.3 is 0 Å². The fourth-order valence-electron chi connectivity index (χ4n) is 3.06. The maximum Gasteiger partial charge on any atom is 0.122 e. The van der Waals surface area contributed by atoms with Gasteiger partial charge in [-0.05, 0) is 31.0 Å². The Kier molecular flexibility index (Phi) is 5.71. The van der Waals surface area contributed by atoms with Crippen molar-refractivity contribution in [1.29, 1.82) is 0 Å². The van der Waals surface area contributed by atoms with Crippen molar-refractivity contribution in [2.45, 2.75) is 57.9 Å². The minimum Gasteiger partial charge on any atom is -0.496 e. The number of unbranched alkanes of at least 4 members (excludes halogenated alkanes) is 4. The van der Waals surface area contributed by atoms with Gasteiger partial charge in [0.1, 0.15) is 5.75 Å². The Bertz CT molecular complexity index is 389. The van der Waals surface area contributed by atoms with Crippen molar-refractivity contribution in [1.82, 2.24) is 5.32 Å². The lowest BCUT2D eigenvalue weighted by molar-refractivity contribution is 0.395. The molecule has 2 heteroatoms. The van der Waals surface area contributed by atoms with Gasteiger partial charge in [0, 0.05) is 11.6 Å². The van der Waals surface area contributed by atoms with Gasteiger partial charge in [-0.1, -0.05) is 51.2 Å². The summed E-state index contributed by atoms with van der Waals surface area (Å²) in [7, 11) is 1.78. The zero-order chi connectivity index (χ0) is 13.5. The van der Waals surface area contributed by atoms with Crippen LogP contribution in [0, 0.1) is 0 Å². The molecule has 0 bridgehead atoms. The molecule has 2 nitrogen and oxygen atoms in total. The molecule has 1 N–H and O–H groups in total. The summed E-state index contributed by atoms with van der Waals surface area (Å²) in [6, 6.07) is 7.00. The third kappa shape index (κ3) is 3.73. The first-order valence-corrected chi connectivity index (χ1v) is 7.76. The number of rotatable bonds is 7. The molecule has 0 saturated heterocycles. The molecular formula is C17H27NO. The summed E-state index contributed by atoms with van der Waals surface area (Å²) in [5.41, 5.74) is 2.88. The number of fused-ring (bicyclic) bond motifs is 1. The fraction of sp³-hybridized carbons (Fsp3) is 0.647. The maximum absolute atomic E-state index is 5.49. The quantitative estimate of drug-likeness (QED) is 0.741. The molecular weight excluding hydrogens is 234 g/mol. The summed E-state index contributed by atoms with van der Waals surface area (Å²) in [5.74, 6) is 1.06. The topological polar surface area (TPSA) is 21.3 Å². The van der Waals surface area contributed by atoms with E-state index in [4.69, 9.17) is 4.74 Å². The Hall–Kier alpha value is -1.02. The number of hydrogen-bond acceptors (Lipinski definition) is 2. The van der Waals surface area contributed by atoms with Gasteiger partial charge in [0.25, 0.3) is 0 Å². The predicted octanol–water partition coefficient (Wildman–Crippen LogP) is 4.24. The molecule has 0 amide bonds. The molecule has 1 unspecified atom stereocenters. The molecule has 1 aliphatic rings. The summed E-state index contributed by atoms with van der Waals surface area (Å²) in [4.78, 5) is 0. The SMILES string of the molecule is CCCCCCCC1NCCc2c(OC)cccc21. The highest BCUT2D eigenvalue weighted by Gasteiger charge is 2.21. The molecule has 0 spiro atoms. The van der Waals surface area contributed by atoms with Crippen LogP contribution in [-0.4, -0.2) is 13.7 Å². The normalized spacial score (nSPS) is 18.1. The van der Waals surface area contributed by atoms with E-state index in [9.17, 15) is 0 Å². The Morgan fingerprint density at radius 1 is 1.21 bits per heavy atom. The van der Waals surface area contributed by atoms with Crippen LogP contribution >= 0.6 is 0 Å². The average molecular weight is 261 g/mol. The molecule has 0 aromatic heterocycles. The van der Waals surface area contributed by atoms with E-state index >= 15 is 0 Å². The number of methoxy groups -OCH3 is 1. The molecule has 1 aliphatic heterocycles. The van der Waals surface area contributed by atoms with Crippen LogP contribution in [0.3, 0.4) is 0 Å². The number of ether oxygens (including phenoxy) is 1. The highest BCUT2D eigenvalue weighted by molar-refractivity contribution is 5.43. The highest BCUT2D eigenvalue weighted by atomic mass is 16.5. The molecule has 1 aromatic rings. The minimum atomic E-state index is 0.528. The molecule has 1 aromatic carbocycles. The van der Waals surface area contributed by atoms with E-state index < -0.39 is 0 Å². The van der Waals surface area contributed by atoms with Crippen molar-refractivity contribution in [2.75, 3.05) is 13.7 Å². The number of nitrogens with one attached hydrogen (secondary N) is 1. The smallest absolute Gasteiger partial charge is 0.122 e. The summed E-state index contributed by atoms with van der Waals surface area (Å²) in [6.45, 7) is 3.35. The van der Waals surface area contributed by atoms with Gasteiger partial charge in [-0.25, -0.2) is 0 Å². The lowest BCUT2D eigenvalue weighted by Gasteiger charge is -2.28. The Morgan fingerprint density at radius 2 is 2.05 bits per heavy atom. The lowest BCUT2D eigenvalue weighted by Crippen LogP contribution is -2.30. The third-order valence-corrected chi connectivity index (χ3v) is 4.13. The third-order valence-electron chi connectivity index (χ3n) is 4.13. The average Bonchev–Trinajstić information content (AvgIpc) is 2.46. The van der Waals surface area contributed by atoms with Gasteiger partial charge in [-0.2, -0.15) is 0 Å². The van der Waals surface area contributed by atoms with E-state index in [1.165, 1.54) is 49.7 Å². The first-order valence-electron chi connectivity index (χ1n) is 7.76. The van der Waals surface area contributed by atoms with Gasteiger partial charge in [-0.15, -0.1) is 0 Å². The van der Waals surface area contributed by atoms with Crippen molar-refractivity contribution in [2.24, 2.45) is 0 Å². The minimum absolute atomic E-state index is 0.528. The Morgan fingerprint density at radius 3 is 2.84 bits per heavy atom. The molecule has 0 saturated carbocycles. The summed E-state index contributed by atoms with van der Waals surface area (Å²) >= 11 is 0. The first-order chi connectivity index (χ1) is 9.36. The number of benzene rings is 1. The second kappa shape index (κ2) is 7.54. The van der Waals surface area contributed by atoms with Crippen LogP contribution < -0.4 is 10.1 Å². The van der Waals surface area contributed by atoms with Gasteiger partial charge in [0.15, 0.2) is 0 Å². The second-order valence-corrected chi connectivity index (χ2v) is 5.49. The van der Waals surface area contributed by atoms with Crippen molar-refractivity contribution in [3.63, 3.8) is 0 Å². The van der Waals surface area contributed by atoms with E-state index in [-0.39, 0.29) is 0 Å². The van der Waals surface area contributed by atoms with Crippen LogP contribution in [0.4, 0.5) is 0 Å². The van der Waals surface area contributed by atoms with Gasteiger partial charge < -0.3 is 10.1 Å². The molecule has 0 fully saturated rings. The zero-order valence-electron chi connectivity index (χ0n) is 12.4. The number of hydrogen-bond donors (Lipinski definition) is 1. The molecule has 0 aliphatic carbocycles. The molecule has 106 valence electrons. The highest BCUT2D eigenvalue weighted by Crippen LogP contribution is 2.32. The Balaban J connectivity index is 1.94. The van der Waals surface area contributed by atoms with Crippen molar-refractivity contribution < 1.29 is 4.74 Å². The molecule has 1 atom stereocenters. The maximum atomic E-state index is 5.49. The van der Waals surface area contributed by atoms with Crippen LogP contribution in [0.5, 0.6) is 5.75 Å². The van der Waals surface area contributed by atoms with Crippen LogP contribution in [0.1, 0.15) is 62.6 Å². The van der Waals surface area contributed by atoms with E-state index in [1.807, 2.05) is 0 Å². The lowest BCUT2D eigenvalue weighted by atomic mass is 9.90.